The zero-order chi connectivity index (χ0) is 94.7. The molecule has 1 saturated heterocycles. The Labute approximate surface area is 781 Å². The summed E-state index contributed by atoms with van der Waals surface area (Å²) in [4.78, 5) is 118. The SMILES string of the molecule is CCNC(=O)Nc1nc2cc(-c3ccc(C(C)(C)O)nc3)c(O)c(CN(C)C)c2s1.CCNC(=O)Nc1nc2cc(-c3cnc(C(C)(C)O)nc3)cc(-c3cc(OCCCN4CCOCC4)ccn3)c2s1.CCNC(=O)Nc1nc2cc(-c3cnc(C(C)(C)O)nc3)cc(-c3cnccn3)c2s1.CCNC(=O)Nc1nc2cc(-c3cnc(C(O)CO)nc3)cc(-c3ccccn3)c2s1. The van der Waals surface area contributed by atoms with Crippen molar-refractivity contribution in [2.45, 2.75) is 105 Å². The van der Waals surface area contributed by atoms with Gasteiger partial charge in [-0.2, -0.15) is 0 Å². The van der Waals surface area contributed by atoms with E-state index in [1.165, 1.54) is 45.3 Å². The van der Waals surface area contributed by atoms with E-state index in [9.17, 15) is 44.7 Å². The average Bonchev–Trinajstić information content (AvgIpc) is 1.67. The molecular weight excluding hydrogens is 1780 g/mol. The van der Waals surface area contributed by atoms with Gasteiger partial charge in [-0.3, -0.25) is 51.1 Å². The fourth-order valence-electron chi connectivity index (χ4n) is 13.5. The van der Waals surface area contributed by atoms with Crippen LogP contribution in [0.1, 0.15) is 110 Å². The number of phenolic OH excluding ortho intramolecular Hbond substituents is 1. The lowest BCUT2D eigenvalue weighted by atomic mass is 9.99. The number of aliphatic hydroxyl groups is 5. The maximum Gasteiger partial charge on any atom is 0.321 e. The monoisotopic (exact) mass is 1880 g/mol. The molecule has 133 heavy (non-hydrogen) atoms. The number of anilines is 4. The molecule has 0 spiro atoms. The number of phenols is 1. The number of aliphatic hydroxyl groups excluding tert-OH is 2. The van der Waals surface area contributed by atoms with Gasteiger partial charge in [-0.25, -0.2) is 69.0 Å². The lowest BCUT2D eigenvalue weighted by molar-refractivity contribution is 0.0358. The summed E-state index contributed by atoms with van der Waals surface area (Å²) >= 11 is 5.45. The maximum atomic E-state index is 12.2. The molecule has 1 atom stereocenters. The summed E-state index contributed by atoms with van der Waals surface area (Å²) in [5.41, 5.74) is 11.6. The van der Waals surface area contributed by atoms with Crippen molar-refractivity contribution in [1.82, 2.24) is 106 Å². The normalized spacial score (nSPS) is 12.5. The van der Waals surface area contributed by atoms with Gasteiger partial charge >= 0.3 is 24.1 Å². The van der Waals surface area contributed by atoms with Gasteiger partial charge in [0.1, 0.15) is 34.4 Å². The predicted molar refractivity (Wildman–Crippen MR) is 517 cm³/mol. The van der Waals surface area contributed by atoms with E-state index in [-0.39, 0.29) is 35.7 Å². The second-order valence-electron chi connectivity index (χ2n) is 32.0. The van der Waals surface area contributed by atoms with Gasteiger partial charge in [0.05, 0.1) is 96.3 Å². The molecule has 16 rings (SSSR count). The number of carbonyl (C=O) groups is 4. The van der Waals surface area contributed by atoms with E-state index in [0.717, 1.165) is 131 Å². The number of aromatic hydroxyl groups is 1. The molecule has 1 fully saturated rings. The van der Waals surface area contributed by atoms with Gasteiger partial charge in [0, 0.05) is 177 Å². The van der Waals surface area contributed by atoms with E-state index in [0.29, 0.717) is 116 Å². The number of hydrogen-bond donors (Lipinski definition) is 14. The van der Waals surface area contributed by atoms with Crippen LogP contribution in [-0.4, -0.2) is 226 Å². The number of nitrogens with zero attached hydrogens (tertiary/aromatic N) is 17. The molecular formula is C92H103N25O12S4. The van der Waals surface area contributed by atoms with Gasteiger partial charge in [0.2, 0.25) is 0 Å². The van der Waals surface area contributed by atoms with E-state index in [2.05, 4.69) is 122 Å². The molecule has 692 valence electrons. The number of thiazole rings is 4. The number of pyridine rings is 3. The summed E-state index contributed by atoms with van der Waals surface area (Å²) in [6, 6.07) is 25.3. The zero-order valence-corrected chi connectivity index (χ0v) is 78.4. The molecule has 4 aromatic carbocycles. The largest absolute Gasteiger partial charge is 0.507 e. The van der Waals surface area contributed by atoms with E-state index < -0.39 is 29.5 Å². The van der Waals surface area contributed by atoms with E-state index in [1.807, 2.05) is 119 Å². The van der Waals surface area contributed by atoms with Crippen LogP contribution in [0.4, 0.5) is 39.7 Å². The van der Waals surface area contributed by atoms with Crippen molar-refractivity contribution in [3.8, 4) is 89.8 Å². The Morgan fingerprint density at radius 1 is 0.474 bits per heavy atom. The highest BCUT2D eigenvalue weighted by Gasteiger charge is 2.27. The first kappa shape index (κ1) is 97.1. The van der Waals surface area contributed by atoms with Crippen LogP contribution in [0.25, 0.3) is 119 Å². The van der Waals surface area contributed by atoms with Crippen molar-refractivity contribution < 1.29 is 59.3 Å². The molecule has 12 heterocycles. The molecule has 1 unspecified atom stereocenters. The molecule has 1 aliphatic heterocycles. The molecule has 11 aromatic heterocycles. The highest BCUT2D eigenvalue weighted by Crippen LogP contribution is 2.45. The summed E-state index contributed by atoms with van der Waals surface area (Å²) in [7, 11) is 3.85. The Bertz CT molecular complexity index is 6510. The molecule has 0 bridgehead atoms. The summed E-state index contributed by atoms with van der Waals surface area (Å²) in [5.74, 6) is 1.72. The van der Waals surface area contributed by atoms with Crippen LogP contribution < -0.4 is 47.3 Å². The standard InChI is InChI=1S/C29H35N7O4S.C21H21N7O2S.C21H20N6O3S.C21H27N5O3S/c1-4-30-27(37)35-28-34-24-15-19(20-17-32-26(33-18-20)29(2,3)38)14-22(25(24)41-28)23-16-21(6-7-31-23)40-11-5-8-36-9-12-39-13-10-36;1-4-23-19(29)28-20-27-15-8-12(13-9-25-18(26-10-13)21(2,3)30)7-14(17(15)31-20)16-11-22-5-6-24-16;1-2-22-20(30)27-21-26-16-8-12(13-9-24-19(25-10-13)17(29)11-28)7-14(18(16)31-21)15-5-3-4-6-23-15;1-6-22-19(28)25-20-24-15-9-13(12-7-8-16(23-10-12)21(2,3)29)17(27)14(11-26(4)5)18(15)30-20/h6-7,14-18,38H,4-5,8-13H2,1-3H3,(H2,30,34,35,37);5-11,30H,4H2,1-3H3,(H2,23,27,28,29);3-10,17,28-29H,2,11H2,1H3,(H2,22,26,27,30);7-10,27,29H,6,11H2,1-5H3,(H2,22,24,25,28). The van der Waals surface area contributed by atoms with Gasteiger partial charge in [0.15, 0.2) is 38.0 Å². The average molecular weight is 1880 g/mol. The number of fused-ring (bicyclic) bond motifs is 4. The highest BCUT2D eigenvalue weighted by molar-refractivity contribution is 7.24. The van der Waals surface area contributed by atoms with Gasteiger partial charge in [-0.05, 0) is 173 Å². The first-order valence-corrected chi connectivity index (χ1v) is 45.9. The number of benzene rings is 4. The first-order valence-electron chi connectivity index (χ1n) is 42.6. The summed E-state index contributed by atoms with van der Waals surface area (Å²) < 4.78 is 15.0. The van der Waals surface area contributed by atoms with Crippen molar-refractivity contribution >= 4 is 131 Å². The number of ether oxygens (including phenoxy) is 2. The summed E-state index contributed by atoms with van der Waals surface area (Å²) in [5, 5.41) is 84.1. The third-order valence-corrected chi connectivity index (χ3v) is 24.1. The van der Waals surface area contributed by atoms with Crippen molar-refractivity contribution in [2.75, 3.05) is 108 Å². The summed E-state index contributed by atoms with van der Waals surface area (Å²) in [6.07, 6.45) is 19.7. The number of amides is 8. The second-order valence-corrected chi connectivity index (χ2v) is 36.0. The fraction of sp³-hybridized carbons (Fsp3) is 0.315. The number of morpholine rings is 1. The van der Waals surface area contributed by atoms with Crippen molar-refractivity contribution in [3.05, 3.63) is 188 Å². The Kier molecular flexibility index (Phi) is 32.3. The molecule has 1 aliphatic rings. The van der Waals surface area contributed by atoms with Gasteiger partial charge < -0.3 is 66.3 Å². The third-order valence-electron chi connectivity index (χ3n) is 19.9. The Morgan fingerprint density at radius 2 is 0.917 bits per heavy atom. The minimum Gasteiger partial charge on any atom is -0.507 e. The molecule has 37 nitrogen and oxygen atoms in total. The summed E-state index contributed by atoms with van der Waals surface area (Å²) in [6.45, 7) is 24.5. The zero-order valence-electron chi connectivity index (χ0n) is 75.1. The molecule has 41 heteroatoms. The lowest BCUT2D eigenvalue weighted by Crippen LogP contribution is -2.37. The van der Waals surface area contributed by atoms with Gasteiger partial charge in [0.25, 0.3) is 0 Å². The Hall–Kier alpha value is -13.4. The van der Waals surface area contributed by atoms with Crippen LogP contribution >= 0.6 is 45.3 Å². The van der Waals surface area contributed by atoms with Crippen LogP contribution in [-0.2, 0) is 28.1 Å². The predicted octanol–water partition coefficient (Wildman–Crippen LogP) is 14.3. The lowest BCUT2D eigenvalue weighted by Gasteiger charge is -2.26. The third kappa shape index (κ3) is 25.5. The molecule has 0 saturated carbocycles. The fourth-order valence-corrected chi connectivity index (χ4v) is 17.4. The minimum atomic E-state index is -1.14. The number of hydrogen-bond acceptors (Lipinski definition) is 33. The van der Waals surface area contributed by atoms with Gasteiger partial charge in [-0.15, -0.1) is 0 Å². The van der Waals surface area contributed by atoms with Gasteiger partial charge in [-0.1, -0.05) is 57.5 Å². The Morgan fingerprint density at radius 3 is 1.34 bits per heavy atom. The maximum absolute atomic E-state index is 12.2. The highest BCUT2D eigenvalue weighted by atomic mass is 32.1. The van der Waals surface area contributed by atoms with E-state index >= 15 is 0 Å². The molecule has 15 aromatic rings. The Balaban J connectivity index is 0.000000152. The van der Waals surface area contributed by atoms with Crippen LogP contribution in [0.15, 0.2) is 159 Å². The van der Waals surface area contributed by atoms with Crippen LogP contribution in [0.5, 0.6) is 11.5 Å². The molecule has 0 radical (unpaired) electrons. The molecule has 14 N–H and O–H groups in total. The van der Waals surface area contributed by atoms with Crippen LogP contribution in [0.2, 0.25) is 0 Å². The van der Waals surface area contributed by atoms with Crippen molar-refractivity contribution in [3.63, 3.8) is 0 Å². The van der Waals surface area contributed by atoms with Crippen LogP contribution in [0.3, 0.4) is 0 Å². The van der Waals surface area contributed by atoms with Crippen molar-refractivity contribution in [2.24, 2.45) is 0 Å². The number of rotatable bonds is 27. The quantitative estimate of drug-likeness (QED) is 0.0213. The second kappa shape index (κ2) is 44.2. The number of carbonyl (C=O) groups excluding carboxylic acids is 4. The molecule has 8 amide bonds. The van der Waals surface area contributed by atoms with Crippen molar-refractivity contribution in [1.29, 1.82) is 0 Å². The topological polar surface area (TPSA) is 504 Å². The number of urea groups is 4. The van der Waals surface area contributed by atoms with Crippen LogP contribution in [0, 0.1) is 0 Å². The van der Waals surface area contributed by atoms with E-state index in [4.69, 9.17) is 14.6 Å². The molecule has 0 aliphatic carbocycles. The first-order chi connectivity index (χ1) is 63.8. The smallest absolute Gasteiger partial charge is 0.321 e. The minimum absolute atomic E-state index is 0.152. The number of aromatic nitrogens is 15. The van der Waals surface area contributed by atoms with E-state index in [1.54, 1.807) is 128 Å². The number of nitrogens with one attached hydrogen (secondary N) is 8.